The topological polar surface area (TPSA) is 110 Å². The van der Waals surface area contributed by atoms with Gasteiger partial charge in [0, 0.05) is 23.6 Å². The van der Waals surface area contributed by atoms with E-state index >= 15 is 0 Å². The van der Waals surface area contributed by atoms with Crippen LogP contribution in [0.2, 0.25) is 0 Å². The van der Waals surface area contributed by atoms with Crippen LogP contribution in [0.15, 0.2) is 54.6 Å². The van der Waals surface area contributed by atoms with Gasteiger partial charge >= 0.3 is 11.8 Å². The molecule has 2 aromatic rings. The van der Waals surface area contributed by atoms with Crippen LogP contribution in [0.25, 0.3) is 0 Å². The van der Waals surface area contributed by atoms with Crippen molar-refractivity contribution in [3.8, 4) is 0 Å². The number of imide groups is 1. The summed E-state index contributed by atoms with van der Waals surface area (Å²) < 4.78 is 0. The van der Waals surface area contributed by atoms with Crippen LogP contribution in [0.3, 0.4) is 0 Å². The molecule has 2 aromatic carbocycles. The summed E-state index contributed by atoms with van der Waals surface area (Å²) >= 11 is 0. The first-order valence-electron chi connectivity index (χ1n) is 7.79. The zero-order valence-electron chi connectivity index (χ0n) is 13.7. The predicted octanol–water partition coefficient (Wildman–Crippen LogP) is 1.27. The Morgan fingerprint density at radius 1 is 0.920 bits per heavy atom. The van der Waals surface area contributed by atoms with Gasteiger partial charge in [0.05, 0.1) is 0 Å². The van der Waals surface area contributed by atoms with Crippen LogP contribution >= 0.6 is 0 Å². The second-order valence-corrected chi connectivity index (χ2v) is 5.31. The maximum absolute atomic E-state index is 12.8. The lowest BCUT2D eigenvalue weighted by molar-refractivity contribution is -0.147. The lowest BCUT2D eigenvalue weighted by atomic mass is 10.2. The van der Waals surface area contributed by atoms with Gasteiger partial charge < -0.3 is 11.5 Å². The number of anilines is 3. The Bertz CT molecular complexity index is 732. The molecule has 0 unspecified atom stereocenters. The van der Waals surface area contributed by atoms with Gasteiger partial charge in [-0.2, -0.15) is 0 Å². The number of hydrogen-bond acceptors (Lipinski definition) is 5. The zero-order chi connectivity index (χ0) is 18.2. The summed E-state index contributed by atoms with van der Waals surface area (Å²) in [6, 6.07) is 15.3. The van der Waals surface area contributed by atoms with E-state index in [0.717, 1.165) is 4.90 Å². The predicted molar refractivity (Wildman–Crippen MR) is 95.9 cm³/mol. The number of amides is 3. The van der Waals surface area contributed by atoms with E-state index in [2.05, 4.69) is 0 Å². The maximum Gasteiger partial charge on any atom is 0.321 e. The third kappa shape index (κ3) is 4.42. The molecule has 0 aliphatic rings. The molecule has 3 amide bonds. The molecule has 0 aliphatic heterocycles. The van der Waals surface area contributed by atoms with Crippen molar-refractivity contribution in [2.45, 2.75) is 6.42 Å². The summed E-state index contributed by atoms with van der Waals surface area (Å²) in [4.78, 5) is 38.5. The van der Waals surface area contributed by atoms with Crippen LogP contribution in [0.5, 0.6) is 0 Å². The quantitative estimate of drug-likeness (QED) is 0.467. The van der Waals surface area contributed by atoms with Crippen LogP contribution in [0.4, 0.5) is 17.1 Å². The standard InChI is InChI=1S/C18H20N4O3/c19-11-4-12-21(13-23)17(24)18(25)22(15-5-2-1-3-6-15)16-9-7-14(20)8-10-16/h1-3,5-10,13H,4,11-12,19-20H2. The summed E-state index contributed by atoms with van der Waals surface area (Å²) in [5, 5.41) is 0. The molecule has 0 atom stereocenters. The number of nitrogens with zero attached hydrogens (tertiary/aromatic N) is 2. The Labute approximate surface area is 145 Å². The monoisotopic (exact) mass is 340 g/mol. The lowest BCUT2D eigenvalue weighted by Gasteiger charge is -2.24. The van der Waals surface area contributed by atoms with Crippen molar-refractivity contribution in [1.82, 2.24) is 4.90 Å². The van der Waals surface area contributed by atoms with E-state index in [0.29, 0.717) is 36.4 Å². The van der Waals surface area contributed by atoms with Crippen LogP contribution in [0, 0.1) is 0 Å². The number of nitrogens with two attached hydrogens (primary N) is 2. The van der Waals surface area contributed by atoms with E-state index in [-0.39, 0.29) is 6.54 Å². The van der Waals surface area contributed by atoms with Gasteiger partial charge in [0.15, 0.2) is 0 Å². The van der Waals surface area contributed by atoms with E-state index in [1.165, 1.54) is 4.90 Å². The normalized spacial score (nSPS) is 10.1. The fraction of sp³-hybridized carbons (Fsp3) is 0.167. The number of hydrogen-bond donors (Lipinski definition) is 2. The first-order chi connectivity index (χ1) is 12.1. The minimum atomic E-state index is -0.913. The van der Waals surface area contributed by atoms with Gasteiger partial charge in [0.25, 0.3) is 0 Å². The highest BCUT2D eigenvalue weighted by molar-refractivity contribution is 6.43. The lowest BCUT2D eigenvalue weighted by Crippen LogP contribution is -2.43. The molecule has 0 fully saturated rings. The van der Waals surface area contributed by atoms with E-state index in [1.54, 1.807) is 54.6 Å². The summed E-state index contributed by atoms with van der Waals surface area (Å²) in [6.45, 7) is 0.404. The van der Waals surface area contributed by atoms with E-state index < -0.39 is 11.8 Å². The summed E-state index contributed by atoms with van der Waals surface area (Å²) in [7, 11) is 0. The largest absolute Gasteiger partial charge is 0.399 e. The van der Waals surface area contributed by atoms with Crippen molar-refractivity contribution >= 4 is 35.3 Å². The molecule has 0 heterocycles. The fourth-order valence-corrected chi connectivity index (χ4v) is 2.27. The fourth-order valence-electron chi connectivity index (χ4n) is 2.27. The summed E-state index contributed by atoms with van der Waals surface area (Å²) in [6.07, 6.45) is 0.771. The van der Waals surface area contributed by atoms with E-state index in [4.69, 9.17) is 11.5 Å². The molecule has 7 heteroatoms. The van der Waals surface area contributed by atoms with E-state index in [1.807, 2.05) is 0 Å². The summed E-state index contributed by atoms with van der Waals surface area (Å²) in [5.74, 6) is -1.75. The van der Waals surface area contributed by atoms with Crippen molar-refractivity contribution in [2.24, 2.45) is 5.73 Å². The SMILES string of the molecule is NCCCN(C=O)C(=O)C(=O)N(c1ccccc1)c1ccc(N)cc1. The third-order valence-corrected chi connectivity index (χ3v) is 3.54. The van der Waals surface area contributed by atoms with Gasteiger partial charge in [-0.3, -0.25) is 24.2 Å². The van der Waals surface area contributed by atoms with Crippen LogP contribution in [0.1, 0.15) is 6.42 Å². The van der Waals surface area contributed by atoms with Gasteiger partial charge in [0.2, 0.25) is 6.41 Å². The highest BCUT2D eigenvalue weighted by Gasteiger charge is 2.29. The first kappa shape index (κ1) is 18.2. The molecule has 0 saturated heterocycles. The van der Waals surface area contributed by atoms with E-state index in [9.17, 15) is 14.4 Å². The molecular formula is C18H20N4O3. The Kier molecular flexibility index (Phi) is 6.25. The number of carbonyl (C=O) groups is 3. The first-order valence-corrected chi connectivity index (χ1v) is 7.79. The minimum absolute atomic E-state index is 0.0922. The van der Waals surface area contributed by atoms with Crippen molar-refractivity contribution in [3.05, 3.63) is 54.6 Å². The molecule has 0 radical (unpaired) electrons. The summed E-state index contributed by atoms with van der Waals surface area (Å²) in [5.41, 5.74) is 12.6. The van der Waals surface area contributed by atoms with Crippen LogP contribution in [-0.2, 0) is 14.4 Å². The molecule has 0 spiro atoms. The molecule has 130 valence electrons. The minimum Gasteiger partial charge on any atom is -0.399 e. The Morgan fingerprint density at radius 2 is 1.52 bits per heavy atom. The molecule has 25 heavy (non-hydrogen) atoms. The molecule has 0 saturated carbocycles. The Balaban J connectivity index is 2.37. The second-order valence-electron chi connectivity index (χ2n) is 5.31. The average Bonchev–Trinajstić information content (AvgIpc) is 2.64. The highest BCUT2D eigenvalue weighted by Crippen LogP contribution is 2.26. The molecule has 0 bridgehead atoms. The number of nitrogen functional groups attached to an aromatic ring is 1. The van der Waals surface area contributed by atoms with Crippen molar-refractivity contribution < 1.29 is 14.4 Å². The van der Waals surface area contributed by atoms with Gasteiger partial charge in [0.1, 0.15) is 0 Å². The maximum atomic E-state index is 12.8. The molecule has 0 aliphatic carbocycles. The smallest absolute Gasteiger partial charge is 0.321 e. The molecule has 2 rings (SSSR count). The number of carbonyl (C=O) groups excluding carboxylic acids is 3. The number of benzene rings is 2. The Morgan fingerprint density at radius 3 is 2.08 bits per heavy atom. The zero-order valence-corrected chi connectivity index (χ0v) is 13.7. The third-order valence-electron chi connectivity index (χ3n) is 3.54. The van der Waals surface area contributed by atoms with Crippen LogP contribution < -0.4 is 16.4 Å². The van der Waals surface area contributed by atoms with Crippen molar-refractivity contribution in [3.63, 3.8) is 0 Å². The van der Waals surface area contributed by atoms with Crippen LogP contribution in [-0.4, -0.2) is 36.2 Å². The van der Waals surface area contributed by atoms with Crippen molar-refractivity contribution in [2.75, 3.05) is 23.7 Å². The van der Waals surface area contributed by atoms with Crippen molar-refractivity contribution in [1.29, 1.82) is 0 Å². The molecule has 4 N–H and O–H groups in total. The number of para-hydroxylation sites is 1. The molecular weight excluding hydrogens is 320 g/mol. The highest BCUT2D eigenvalue weighted by atomic mass is 16.2. The van der Waals surface area contributed by atoms with Gasteiger partial charge in [-0.05, 0) is 49.4 Å². The number of rotatable bonds is 6. The average molecular weight is 340 g/mol. The van der Waals surface area contributed by atoms with Gasteiger partial charge in [-0.15, -0.1) is 0 Å². The van der Waals surface area contributed by atoms with Gasteiger partial charge in [-0.25, -0.2) is 0 Å². The van der Waals surface area contributed by atoms with Gasteiger partial charge in [-0.1, -0.05) is 18.2 Å². The Hall–Kier alpha value is -3.19. The molecule has 7 nitrogen and oxygen atoms in total. The second kappa shape index (κ2) is 8.60. The molecule has 0 aromatic heterocycles.